The number of benzene rings is 2. The molecule has 4 nitrogen and oxygen atoms in total. The van der Waals surface area contributed by atoms with Gasteiger partial charge in [-0.25, -0.2) is 0 Å². The van der Waals surface area contributed by atoms with Gasteiger partial charge in [-0.05, 0) is 29.6 Å². The molecule has 2 heterocycles. The summed E-state index contributed by atoms with van der Waals surface area (Å²) >= 11 is 1.77. The van der Waals surface area contributed by atoms with E-state index in [1.54, 1.807) is 11.3 Å². The normalized spacial score (nSPS) is 16.5. The van der Waals surface area contributed by atoms with Crippen molar-refractivity contribution in [1.82, 2.24) is 15.1 Å². The summed E-state index contributed by atoms with van der Waals surface area (Å²) in [6, 6.07) is 24.6. The Morgan fingerprint density at radius 2 is 1.50 bits per heavy atom. The number of amides is 1. The van der Waals surface area contributed by atoms with Gasteiger partial charge in [0.05, 0.1) is 12.0 Å². The molecular weight excluding hydrogens is 390 g/mol. The molecule has 1 fully saturated rings. The van der Waals surface area contributed by atoms with Gasteiger partial charge in [-0.1, -0.05) is 66.7 Å². The van der Waals surface area contributed by atoms with Gasteiger partial charge in [-0.3, -0.25) is 9.69 Å². The minimum atomic E-state index is -0.302. The molecule has 3 aromatic rings. The number of thiophene rings is 1. The van der Waals surface area contributed by atoms with E-state index in [2.05, 4.69) is 39.7 Å². The highest BCUT2D eigenvalue weighted by Crippen LogP contribution is 2.28. The second-order valence-electron chi connectivity index (χ2n) is 7.87. The van der Waals surface area contributed by atoms with Crippen LogP contribution in [-0.2, 0) is 4.79 Å². The van der Waals surface area contributed by atoms with E-state index in [1.165, 1.54) is 4.88 Å². The second kappa shape index (κ2) is 10.0. The lowest BCUT2D eigenvalue weighted by Crippen LogP contribution is -2.48. The molecule has 1 atom stereocenters. The van der Waals surface area contributed by atoms with E-state index >= 15 is 0 Å². The largest absolute Gasteiger partial charge is 0.353 e. The van der Waals surface area contributed by atoms with E-state index in [-0.39, 0.29) is 17.9 Å². The monoisotopic (exact) mass is 419 g/mol. The molecule has 0 saturated carbocycles. The van der Waals surface area contributed by atoms with Crippen molar-refractivity contribution in [3.8, 4) is 0 Å². The third-order valence-corrected chi connectivity index (χ3v) is 6.82. The van der Waals surface area contributed by atoms with Gasteiger partial charge in [0.25, 0.3) is 0 Å². The molecule has 1 aliphatic rings. The van der Waals surface area contributed by atoms with Crippen molar-refractivity contribution in [3.63, 3.8) is 0 Å². The quantitative estimate of drug-likeness (QED) is 0.629. The van der Waals surface area contributed by atoms with Crippen LogP contribution in [0.2, 0.25) is 0 Å². The van der Waals surface area contributed by atoms with Crippen LogP contribution in [0.1, 0.15) is 28.0 Å². The molecule has 2 aromatic carbocycles. The Balaban J connectivity index is 1.52. The standard InChI is InChI=1S/C25H29N3OS/c1-27-14-16-28(17-15-27)22(23-13-8-18-30-23)19-26-25(29)24(20-9-4-2-5-10-20)21-11-6-3-7-12-21/h2-13,18,22,24H,14-17,19H2,1H3,(H,26,29)/t22-/m0/s1. The van der Waals surface area contributed by atoms with Gasteiger partial charge in [-0.15, -0.1) is 11.3 Å². The van der Waals surface area contributed by atoms with Crippen LogP contribution >= 0.6 is 11.3 Å². The maximum Gasteiger partial charge on any atom is 0.232 e. The zero-order valence-electron chi connectivity index (χ0n) is 17.4. The number of carbonyl (C=O) groups is 1. The van der Waals surface area contributed by atoms with E-state index in [0.717, 1.165) is 37.3 Å². The first kappa shape index (κ1) is 20.8. The lowest BCUT2D eigenvalue weighted by Gasteiger charge is -2.37. The average Bonchev–Trinajstić information content (AvgIpc) is 3.31. The zero-order valence-corrected chi connectivity index (χ0v) is 18.2. The van der Waals surface area contributed by atoms with E-state index in [4.69, 9.17) is 0 Å². The highest BCUT2D eigenvalue weighted by Gasteiger charge is 2.27. The number of hydrogen-bond acceptors (Lipinski definition) is 4. The predicted octanol–water partition coefficient (Wildman–Crippen LogP) is 3.98. The van der Waals surface area contributed by atoms with Gasteiger partial charge in [0.1, 0.15) is 0 Å². The lowest BCUT2D eigenvalue weighted by molar-refractivity contribution is -0.122. The smallest absolute Gasteiger partial charge is 0.232 e. The summed E-state index contributed by atoms with van der Waals surface area (Å²) in [5, 5.41) is 5.41. The second-order valence-corrected chi connectivity index (χ2v) is 8.85. The Bertz CT molecular complexity index is 867. The van der Waals surface area contributed by atoms with Gasteiger partial charge >= 0.3 is 0 Å². The van der Waals surface area contributed by atoms with Crippen LogP contribution in [0.4, 0.5) is 0 Å². The molecule has 156 valence electrons. The molecule has 0 aliphatic carbocycles. The molecule has 1 amide bonds. The number of nitrogens with one attached hydrogen (secondary N) is 1. The van der Waals surface area contributed by atoms with Crippen LogP contribution in [0.15, 0.2) is 78.2 Å². The van der Waals surface area contributed by atoms with Crippen molar-refractivity contribution < 1.29 is 4.79 Å². The molecule has 5 heteroatoms. The van der Waals surface area contributed by atoms with Crippen LogP contribution in [-0.4, -0.2) is 55.5 Å². The number of carbonyl (C=O) groups excluding carboxylic acids is 1. The maximum absolute atomic E-state index is 13.4. The minimum Gasteiger partial charge on any atom is -0.353 e. The van der Waals surface area contributed by atoms with Crippen molar-refractivity contribution in [1.29, 1.82) is 0 Å². The fraction of sp³-hybridized carbons (Fsp3) is 0.320. The molecule has 4 rings (SSSR count). The summed E-state index contributed by atoms with van der Waals surface area (Å²) in [6.45, 7) is 4.80. The van der Waals surface area contributed by atoms with Crippen molar-refractivity contribution in [2.45, 2.75) is 12.0 Å². The van der Waals surface area contributed by atoms with Gasteiger partial charge in [0, 0.05) is 37.6 Å². The van der Waals surface area contributed by atoms with Crippen LogP contribution in [0.5, 0.6) is 0 Å². The Morgan fingerprint density at radius 3 is 2.03 bits per heavy atom. The highest BCUT2D eigenvalue weighted by atomic mass is 32.1. The van der Waals surface area contributed by atoms with E-state index < -0.39 is 0 Å². The Kier molecular flexibility index (Phi) is 6.95. The number of hydrogen-bond donors (Lipinski definition) is 1. The fourth-order valence-electron chi connectivity index (χ4n) is 4.11. The summed E-state index contributed by atoms with van der Waals surface area (Å²) < 4.78 is 0. The van der Waals surface area contributed by atoms with Crippen molar-refractivity contribution in [2.24, 2.45) is 0 Å². The maximum atomic E-state index is 13.4. The molecular formula is C25H29N3OS. The summed E-state index contributed by atoms with van der Waals surface area (Å²) in [6.07, 6.45) is 0. The van der Waals surface area contributed by atoms with Crippen LogP contribution in [0.3, 0.4) is 0 Å². The Labute approximate surface area is 183 Å². The van der Waals surface area contributed by atoms with Gasteiger partial charge < -0.3 is 10.2 Å². The van der Waals surface area contributed by atoms with E-state index in [1.807, 2.05) is 60.7 Å². The topological polar surface area (TPSA) is 35.6 Å². The molecule has 0 bridgehead atoms. The number of rotatable bonds is 7. The average molecular weight is 420 g/mol. The summed E-state index contributed by atoms with van der Waals surface area (Å²) in [5.41, 5.74) is 2.04. The summed E-state index contributed by atoms with van der Waals surface area (Å²) in [7, 11) is 2.17. The third-order valence-electron chi connectivity index (χ3n) is 5.85. The lowest BCUT2D eigenvalue weighted by atomic mass is 9.90. The van der Waals surface area contributed by atoms with Crippen LogP contribution < -0.4 is 5.32 Å². The highest BCUT2D eigenvalue weighted by molar-refractivity contribution is 7.10. The number of likely N-dealkylation sites (N-methyl/N-ethyl adjacent to an activating group) is 1. The zero-order chi connectivity index (χ0) is 20.8. The molecule has 0 spiro atoms. The molecule has 0 radical (unpaired) electrons. The van der Waals surface area contributed by atoms with E-state index in [0.29, 0.717) is 6.54 Å². The number of nitrogens with zero attached hydrogens (tertiary/aromatic N) is 2. The van der Waals surface area contributed by atoms with Gasteiger partial charge in [0.15, 0.2) is 0 Å². The number of piperazine rings is 1. The molecule has 1 saturated heterocycles. The Morgan fingerprint density at radius 1 is 0.900 bits per heavy atom. The van der Waals surface area contributed by atoms with E-state index in [9.17, 15) is 4.79 Å². The third kappa shape index (κ3) is 4.98. The summed E-state index contributed by atoms with van der Waals surface area (Å²) in [4.78, 5) is 19.6. The molecule has 1 aromatic heterocycles. The first-order valence-electron chi connectivity index (χ1n) is 10.6. The van der Waals surface area contributed by atoms with Crippen molar-refractivity contribution in [3.05, 3.63) is 94.2 Å². The van der Waals surface area contributed by atoms with Crippen LogP contribution in [0, 0.1) is 0 Å². The minimum absolute atomic E-state index is 0.0584. The predicted molar refractivity (Wildman–Crippen MR) is 124 cm³/mol. The molecule has 1 N–H and O–H groups in total. The van der Waals surface area contributed by atoms with Crippen molar-refractivity contribution in [2.75, 3.05) is 39.8 Å². The summed E-state index contributed by atoms with van der Waals surface area (Å²) in [5.74, 6) is -0.244. The SMILES string of the molecule is CN1CCN([C@@H](CNC(=O)C(c2ccccc2)c2ccccc2)c2cccs2)CC1. The van der Waals surface area contributed by atoms with Crippen LogP contribution in [0.25, 0.3) is 0 Å². The Hall–Kier alpha value is -2.47. The van der Waals surface area contributed by atoms with Crippen molar-refractivity contribution >= 4 is 17.2 Å². The van der Waals surface area contributed by atoms with Gasteiger partial charge in [-0.2, -0.15) is 0 Å². The first-order valence-corrected chi connectivity index (χ1v) is 11.4. The fourth-order valence-corrected chi connectivity index (χ4v) is 4.97. The first-order chi connectivity index (χ1) is 14.7. The molecule has 0 unspecified atom stereocenters. The molecule has 1 aliphatic heterocycles. The molecule has 30 heavy (non-hydrogen) atoms. The van der Waals surface area contributed by atoms with Gasteiger partial charge in [0.2, 0.25) is 5.91 Å².